The van der Waals surface area contributed by atoms with Crippen molar-refractivity contribution in [1.82, 2.24) is 5.32 Å². The van der Waals surface area contributed by atoms with Gasteiger partial charge in [0.05, 0.1) is 12.2 Å². The first-order chi connectivity index (χ1) is 12.8. The highest BCUT2D eigenvalue weighted by Gasteiger charge is 2.30. The van der Waals surface area contributed by atoms with E-state index in [-0.39, 0.29) is 24.7 Å². The minimum atomic E-state index is -4.40. The maximum atomic E-state index is 12.7. The molecule has 0 fully saturated rings. The first-order valence-corrected chi connectivity index (χ1v) is 8.42. The number of ketones is 1. The van der Waals surface area contributed by atoms with Gasteiger partial charge in [0, 0.05) is 18.5 Å². The Morgan fingerprint density at radius 2 is 1.78 bits per heavy atom. The predicted octanol–water partition coefficient (Wildman–Crippen LogP) is 4.38. The summed E-state index contributed by atoms with van der Waals surface area (Å²) in [5, 5.41) is 2.60. The molecular formula is C20H20F3NO3. The minimum absolute atomic E-state index is 0.0287. The second kappa shape index (κ2) is 9.21. The Kier molecular flexibility index (Phi) is 6.98. The number of ether oxygens (including phenoxy) is 1. The lowest BCUT2D eigenvalue weighted by molar-refractivity contribution is -0.137. The summed E-state index contributed by atoms with van der Waals surface area (Å²) in [7, 11) is 0. The molecule has 1 N–H and O–H groups in total. The van der Waals surface area contributed by atoms with Gasteiger partial charge in [-0.05, 0) is 55.3 Å². The quantitative estimate of drug-likeness (QED) is 0.547. The summed E-state index contributed by atoms with van der Waals surface area (Å²) >= 11 is 0. The topological polar surface area (TPSA) is 55.4 Å². The Bertz CT molecular complexity index is 786. The number of hydrogen-bond donors (Lipinski definition) is 1. The average molecular weight is 379 g/mol. The van der Waals surface area contributed by atoms with E-state index < -0.39 is 11.7 Å². The Morgan fingerprint density at radius 3 is 2.41 bits per heavy atom. The van der Waals surface area contributed by atoms with Gasteiger partial charge in [0.25, 0.3) is 0 Å². The zero-order valence-electron chi connectivity index (χ0n) is 14.8. The monoisotopic (exact) mass is 379 g/mol. The van der Waals surface area contributed by atoms with E-state index in [9.17, 15) is 22.8 Å². The maximum Gasteiger partial charge on any atom is 0.416 e. The van der Waals surface area contributed by atoms with Crippen molar-refractivity contribution >= 4 is 11.7 Å². The summed E-state index contributed by atoms with van der Waals surface area (Å²) in [5.74, 6) is 0.311. The van der Waals surface area contributed by atoms with Crippen LogP contribution >= 0.6 is 0 Å². The summed E-state index contributed by atoms with van der Waals surface area (Å²) in [4.78, 5) is 23.0. The van der Waals surface area contributed by atoms with Crippen molar-refractivity contribution in [2.45, 2.75) is 32.5 Å². The molecule has 1 amide bonds. The Balaban J connectivity index is 1.70. The number of alkyl halides is 3. The van der Waals surface area contributed by atoms with Gasteiger partial charge in [0.1, 0.15) is 5.75 Å². The smallest absolute Gasteiger partial charge is 0.416 e. The number of amides is 1. The molecule has 2 aromatic carbocycles. The van der Waals surface area contributed by atoms with E-state index in [1.807, 2.05) is 0 Å². The van der Waals surface area contributed by atoms with Crippen molar-refractivity contribution in [3.8, 4) is 5.75 Å². The molecule has 4 nitrogen and oxygen atoms in total. The number of benzene rings is 2. The summed E-state index contributed by atoms with van der Waals surface area (Å²) in [5.41, 5.74) is 0.245. The van der Waals surface area contributed by atoms with Gasteiger partial charge in [-0.2, -0.15) is 13.2 Å². The van der Waals surface area contributed by atoms with Crippen LogP contribution in [-0.2, 0) is 17.5 Å². The Hall–Kier alpha value is -2.83. The van der Waals surface area contributed by atoms with Crippen molar-refractivity contribution in [3.63, 3.8) is 0 Å². The van der Waals surface area contributed by atoms with Crippen molar-refractivity contribution in [3.05, 3.63) is 65.2 Å². The van der Waals surface area contributed by atoms with Crippen molar-refractivity contribution in [2.75, 3.05) is 6.61 Å². The Morgan fingerprint density at radius 1 is 1.07 bits per heavy atom. The summed E-state index contributed by atoms with van der Waals surface area (Å²) in [6.45, 7) is 1.83. The molecule has 0 spiro atoms. The lowest BCUT2D eigenvalue weighted by atomic mass is 10.1. The third kappa shape index (κ3) is 6.77. The van der Waals surface area contributed by atoms with Gasteiger partial charge in [0.15, 0.2) is 5.78 Å². The SMILES string of the molecule is CC(=O)c1ccc(OCCCC(=O)NCc2cccc(C(F)(F)F)c2)cc1. The first kappa shape index (κ1) is 20.5. The molecule has 0 bridgehead atoms. The van der Waals surface area contributed by atoms with E-state index in [1.165, 1.54) is 19.1 Å². The summed E-state index contributed by atoms with van der Waals surface area (Å²) in [6.07, 6.45) is -3.74. The molecule has 2 aromatic rings. The van der Waals surface area contributed by atoms with Gasteiger partial charge >= 0.3 is 6.18 Å². The summed E-state index contributed by atoms with van der Waals surface area (Å²) in [6, 6.07) is 11.6. The van der Waals surface area contributed by atoms with Gasteiger partial charge in [-0.25, -0.2) is 0 Å². The predicted molar refractivity (Wildman–Crippen MR) is 94.5 cm³/mol. The van der Waals surface area contributed by atoms with Crippen LogP contribution < -0.4 is 10.1 Å². The molecule has 0 aliphatic rings. The van der Waals surface area contributed by atoms with Gasteiger partial charge in [-0.15, -0.1) is 0 Å². The number of hydrogen-bond acceptors (Lipinski definition) is 3. The number of carbonyl (C=O) groups excluding carboxylic acids is 2. The molecule has 0 radical (unpaired) electrons. The number of halogens is 3. The molecule has 0 unspecified atom stereocenters. The highest BCUT2D eigenvalue weighted by atomic mass is 19.4. The fourth-order valence-corrected chi connectivity index (χ4v) is 2.36. The molecule has 0 aliphatic carbocycles. The van der Waals surface area contributed by atoms with E-state index in [0.717, 1.165) is 12.1 Å². The third-order valence-corrected chi connectivity index (χ3v) is 3.82. The van der Waals surface area contributed by atoms with E-state index in [2.05, 4.69) is 5.32 Å². The van der Waals surface area contributed by atoms with Gasteiger partial charge in [-0.1, -0.05) is 12.1 Å². The summed E-state index contributed by atoms with van der Waals surface area (Å²) < 4.78 is 43.5. The molecule has 27 heavy (non-hydrogen) atoms. The van der Waals surface area contributed by atoms with E-state index >= 15 is 0 Å². The lowest BCUT2D eigenvalue weighted by Crippen LogP contribution is -2.23. The average Bonchev–Trinajstić information content (AvgIpc) is 2.63. The highest BCUT2D eigenvalue weighted by Crippen LogP contribution is 2.29. The molecule has 0 saturated heterocycles. The van der Waals surface area contributed by atoms with Crippen molar-refractivity contribution in [2.24, 2.45) is 0 Å². The van der Waals surface area contributed by atoms with Gasteiger partial charge in [0.2, 0.25) is 5.91 Å². The highest BCUT2D eigenvalue weighted by molar-refractivity contribution is 5.94. The van der Waals surface area contributed by atoms with Crippen molar-refractivity contribution < 1.29 is 27.5 Å². The molecule has 7 heteroatoms. The van der Waals surface area contributed by atoms with E-state index in [0.29, 0.717) is 29.9 Å². The Labute approximate surface area is 155 Å². The number of carbonyl (C=O) groups is 2. The third-order valence-electron chi connectivity index (χ3n) is 3.82. The normalized spacial score (nSPS) is 11.1. The van der Waals surface area contributed by atoms with Crippen LogP contribution in [0.25, 0.3) is 0 Å². The molecule has 0 heterocycles. The van der Waals surface area contributed by atoms with Crippen molar-refractivity contribution in [1.29, 1.82) is 0 Å². The zero-order valence-corrected chi connectivity index (χ0v) is 14.8. The molecule has 144 valence electrons. The minimum Gasteiger partial charge on any atom is -0.494 e. The van der Waals surface area contributed by atoms with Crippen LogP contribution in [0.2, 0.25) is 0 Å². The second-order valence-electron chi connectivity index (χ2n) is 6.01. The van der Waals surface area contributed by atoms with Crippen LogP contribution in [0.3, 0.4) is 0 Å². The van der Waals surface area contributed by atoms with Gasteiger partial charge in [-0.3, -0.25) is 9.59 Å². The van der Waals surface area contributed by atoms with Crippen LogP contribution in [0.1, 0.15) is 41.3 Å². The zero-order chi connectivity index (χ0) is 19.9. The van der Waals surface area contributed by atoms with Crippen LogP contribution in [0.5, 0.6) is 5.75 Å². The maximum absolute atomic E-state index is 12.7. The van der Waals surface area contributed by atoms with Crippen LogP contribution in [0.15, 0.2) is 48.5 Å². The van der Waals surface area contributed by atoms with Crippen LogP contribution in [0.4, 0.5) is 13.2 Å². The standard InChI is InChI=1S/C20H20F3NO3/c1-14(25)16-7-9-18(10-8-16)27-11-3-6-19(26)24-13-15-4-2-5-17(12-15)20(21,22)23/h2,4-5,7-10,12H,3,6,11,13H2,1H3,(H,24,26). The number of Topliss-reactive ketones (excluding diaryl/α,β-unsaturated/α-hetero) is 1. The fourth-order valence-electron chi connectivity index (χ4n) is 2.36. The molecule has 0 aromatic heterocycles. The molecule has 2 rings (SSSR count). The number of rotatable bonds is 8. The number of nitrogens with one attached hydrogen (secondary N) is 1. The molecule has 0 aliphatic heterocycles. The van der Waals surface area contributed by atoms with Gasteiger partial charge < -0.3 is 10.1 Å². The first-order valence-electron chi connectivity index (χ1n) is 8.42. The van der Waals surface area contributed by atoms with E-state index in [4.69, 9.17) is 4.74 Å². The van der Waals surface area contributed by atoms with Crippen LogP contribution in [0, 0.1) is 0 Å². The molecular weight excluding hydrogens is 359 g/mol. The molecule has 0 saturated carbocycles. The largest absolute Gasteiger partial charge is 0.494 e. The van der Waals surface area contributed by atoms with E-state index in [1.54, 1.807) is 24.3 Å². The molecule has 0 atom stereocenters. The van der Waals surface area contributed by atoms with Crippen LogP contribution in [-0.4, -0.2) is 18.3 Å². The second-order valence-corrected chi connectivity index (χ2v) is 6.01. The fraction of sp³-hybridized carbons (Fsp3) is 0.300. The lowest BCUT2D eigenvalue weighted by Gasteiger charge is -2.10.